The number of nitrogens with one attached hydrogen (secondary N) is 1. The largest absolute Gasteiger partial charge is 0.443 e. The molecule has 6 rings (SSSR count). The van der Waals surface area contributed by atoms with Gasteiger partial charge in [0, 0.05) is 47.2 Å². The fourth-order valence-corrected chi connectivity index (χ4v) is 4.35. The van der Waals surface area contributed by atoms with Crippen molar-refractivity contribution in [2.24, 2.45) is 0 Å². The Balaban J connectivity index is 1.33. The number of fused-ring (bicyclic) bond motifs is 2. The molecule has 1 aliphatic rings. The van der Waals surface area contributed by atoms with Crippen LogP contribution in [0.4, 0.5) is 15.8 Å². The van der Waals surface area contributed by atoms with Crippen molar-refractivity contribution >= 4 is 39.3 Å². The summed E-state index contributed by atoms with van der Waals surface area (Å²) in [4.78, 5) is 23.1. The third-order valence-electron chi connectivity index (χ3n) is 6.18. The topological polar surface area (TPSA) is 80.5 Å². The number of anilines is 2. The average Bonchev–Trinajstić information content (AvgIpc) is 3.37. The molecule has 3 aromatic carbocycles. The smallest absolute Gasteiger partial charge is 0.254 e. The third-order valence-corrected chi connectivity index (χ3v) is 6.18. The summed E-state index contributed by atoms with van der Waals surface area (Å²) in [5, 5.41) is 4.25. The van der Waals surface area contributed by atoms with Gasteiger partial charge >= 0.3 is 0 Å². The van der Waals surface area contributed by atoms with E-state index in [-0.39, 0.29) is 5.91 Å². The van der Waals surface area contributed by atoms with E-state index in [1.54, 1.807) is 23.2 Å². The van der Waals surface area contributed by atoms with Gasteiger partial charge in [0.15, 0.2) is 12.0 Å². The van der Waals surface area contributed by atoms with Gasteiger partial charge < -0.3 is 19.4 Å². The van der Waals surface area contributed by atoms with Gasteiger partial charge in [0.2, 0.25) is 0 Å². The summed E-state index contributed by atoms with van der Waals surface area (Å²) in [7, 11) is 0. The molecule has 0 saturated carbocycles. The molecule has 1 aliphatic heterocycles. The fraction of sp³-hybridized carbons (Fsp3) is 0.148. The zero-order valence-corrected chi connectivity index (χ0v) is 18.7. The second kappa shape index (κ2) is 8.81. The second-order valence-corrected chi connectivity index (χ2v) is 8.35. The monoisotopic (exact) mass is 468 g/mol. The minimum atomic E-state index is -0.446. The first-order chi connectivity index (χ1) is 17.2. The molecule has 0 bridgehead atoms. The zero-order chi connectivity index (χ0) is 23.8. The van der Waals surface area contributed by atoms with E-state index >= 15 is 4.39 Å². The standard InChI is InChI=1S/C27H21FN4O3/c28-22-14-18(27(33)32-9-11-34-12-10-32)1-4-20(22)17-2-5-23-21(13-17)24(7-8-29-23)31-19-3-6-26-25(15-19)30-16-35-26/h1-8,13-16H,9-12H2,(H,29,31). The molecule has 0 spiro atoms. The van der Waals surface area contributed by atoms with Crippen molar-refractivity contribution in [1.82, 2.24) is 14.9 Å². The van der Waals surface area contributed by atoms with E-state index in [0.29, 0.717) is 48.6 Å². The van der Waals surface area contributed by atoms with Crippen molar-refractivity contribution in [2.45, 2.75) is 0 Å². The first-order valence-electron chi connectivity index (χ1n) is 11.3. The minimum Gasteiger partial charge on any atom is -0.443 e. The molecule has 1 N–H and O–H groups in total. The van der Waals surface area contributed by atoms with Crippen LogP contribution < -0.4 is 5.32 Å². The number of nitrogens with zero attached hydrogens (tertiary/aromatic N) is 3. The predicted octanol–water partition coefficient (Wildman–Crippen LogP) is 5.40. The van der Waals surface area contributed by atoms with Gasteiger partial charge in [0.25, 0.3) is 5.91 Å². The highest BCUT2D eigenvalue weighted by molar-refractivity contribution is 5.97. The van der Waals surface area contributed by atoms with Crippen molar-refractivity contribution < 1.29 is 18.3 Å². The molecule has 1 saturated heterocycles. The second-order valence-electron chi connectivity index (χ2n) is 8.35. The summed E-state index contributed by atoms with van der Waals surface area (Å²) >= 11 is 0. The molecule has 3 heterocycles. The maximum absolute atomic E-state index is 15.2. The lowest BCUT2D eigenvalue weighted by Crippen LogP contribution is -2.40. The van der Waals surface area contributed by atoms with Gasteiger partial charge in [0.1, 0.15) is 11.3 Å². The van der Waals surface area contributed by atoms with Crippen LogP contribution in [-0.2, 0) is 4.74 Å². The molecule has 174 valence electrons. The van der Waals surface area contributed by atoms with Crippen LogP contribution >= 0.6 is 0 Å². The fourth-order valence-electron chi connectivity index (χ4n) is 4.35. The molecule has 7 nitrogen and oxygen atoms in total. The van der Waals surface area contributed by atoms with Crippen molar-refractivity contribution in [1.29, 1.82) is 0 Å². The molecule has 0 unspecified atom stereocenters. The van der Waals surface area contributed by atoms with Crippen LogP contribution in [0.1, 0.15) is 10.4 Å². The number of halogens is 1. The highest BCUT2D eigenvalue weighted by Crippen LogP contribution is 2.32. The minimum absolute atomic E-state index is 0.183. The van der Waals surface area contributed by atoms with E-state index in [4.69, 9.17) is 9.15 Å². The number of oxazole rings is 1. The van der Waals surface area contributed by atoms with E-state index < -0.39 is 5.82 Å². The van der Waals surface area contributed by atoms with E-state index in [1.807, 2.05) is 42.5 Å². The molecule has 0 atom stereocenters. The number of hydrogen-bond acceptors (Lipinski definition) is 6. The molecule has 0 radical (unpaired) electrons. The van der Waals surface area contributed by atoms with Crippen LogP contribution in [0.5, 0.6) is 0 Å². The Bertz CT molecular complexity index is 1560. The number of carbonyl (C=O) groups is 1. The normalized spacial score (nSPS) is 13.9. The average molecular weight is 468 g/mol. The van der Waals surface area contributed by atoms with Crippen molar-refractivity contribution in [3.05, 3.63) is 84.6 Å². The summed E-state index contributed by atoms with van der Waals surface area (Å²) in [6.07, 6.45) is 3.14. The molecular weight excluding hydrogens is 447 g/mol. The van der Waals surface area contributed by atoms with E-state index in [2.05, 4.69) is 15.3 Å². The van der Waals surface area contributed by atoms with Gasteiger partial charge in [-0.1, -0.05) is 12.1 Å². The number of ether oxygens (including phenoxy) is 1. The lowest BCUT2D eigenvalue weighted by molar-refractivity contribution is 0.0302. The Hall–Kier alpha value is -4.30. The number of hydrogen-bond donors (Lipinski definition) is 1. The summed E-state index contributed by atoms with van der Waals surface area (Å²) in [6, 6.07) is 17.8. The van der Waals surface area contributed by atoms with Crippen LogP contribution in [0.2, 0.25) is 0 Å². The number of rotatable bonds is 4. The first-order valence-corrected chi connectivity index (χ1v) is 11.3. The Kier molecular flexibility index (Phi) is 5.35. The number of aromatic nitrogens is 2. The summed E-state index contributed by atoms with van der Waals surface area (Å²) in [6.45, 7) is 2.03. The predicted molar refractivity (Wildman–Crippen MR) is 131 cm³/mol. The van der Waals surface area contributed by atoms with Crippen molar-refractivity contribution in [3.63, 3.8) is 0 Å². The van der Waals surface area contributed by atoms with Crippen molar-refractivity contribution in [3.8, 4) is 11.1 Å². The summed E-state index contributed by atoms with van der Waals surface area (Å²) in [5.41, 5.74) is 5.38. The van der Waals surface area contributed by atoms with Gasteiger partial charge in [-0.3, -0.25) is 9.78 Å². The Morgan fingerprint density at radius 2 is 1.83 bits per heavy atom. The van der Waals surface area contributed by atoms with Crippen LogP contribution in [0, 0.1) is 5.82 Å². The van der Waals surface area contributed by atoms with Crippen LogP contribution in [0.25, 0.3) is 33.1 Å². The van der Waals surface area contributed by atoms with Gasteiger partial charge in [-0.05, 0) is 54.1 Å². The Morgan fingerprint density at radius 1 is 0.943 bits per heavy atom. The number of morpholine rings is 1. The van der Waals surface area contributed by atoms with Gasteiger partial charge in [0.05, 0.1) is 18.7 Å². The molecule has 1 fully saturated rings. The number of carbonyl (C=O) groups excluding carboxylic acids is 1. The molecule has 2 aromatic heterocycles. The lowest BCUT2D eigenvalue weighted by atomic mass is 10.00. The third kappa shape index (κ3) is 4.08. The lowest BCUT2D eigenvalue weighted by Gasteiger charge is -2.27. The van der Waals surface area contributed by atoms with Crippen LogP contribution in [0.3, 0.4) is 0 Å². The number of pyridine rings is 1. The maximum Gasteiger partial charge on any atom is 0.254 e. The molecule has 0 aliphatic carbocycles. The SMILES string of the molecule is O=C(c1ccc(-c2ccc3nccc(Nc4ccc5ocnc5c4)c3c2)c(F)c1)N1CCOCC1. The zero-order valence-electron chi connectivity index (χ0n) is 18.7. The highest BCUT2D eigenvalue weighted by Gasteiger charge is 2.20. The van der Waals surface area contributed by atoms with Gasteiger partial charge in [-0.15, -0.1) is 0 Å². The Morgan fingerprint density at radius 3 is 2.69 bits per heavy atom. The molecule has 1 amide bonds. The van der Waals surface area contributed by atoms with Gasteiger partial charge in [-0.2, -0.15) is 0 Å². The molecule has 5 aromatic rings. The number of amides is 1. The summed E-state index contributed by atoms with van der Waals surface area (Å²) in [5.74, 6) is -0.629. The van der Waals surface area contributed by atoms with Crippen LogP contribution in [-0.4, -0.2) is 47.1 Å². The van der Waals surface area contributed by atoms with Crippen LogP contribution in [0.15, 0.2) is 77.7 Å². The summed E-state index contributed by atoms with van der Waals surface area (Å²) < 4.78 is 25.8. The quantitative estimate of drug-likeness (QED) is 0.381. The maximum atomic E-state index is 15.2. The van der Waals surface area contributed by atoms with Gasteiger partial charge in [-0.25, -0.2) is 9.37 Å². The van der Waals surface area contributed by atoms with E-state index in [9.17, 15) is 4.79 Å². The van der Waals surface area contributed by atoms with E-state index in [0.717, 1.165) is 27.8 Å². The molecular formula is C27H21FN4O3. The Labute approximate surface area is 200 Å². The van der Waals surface area contributed by atoms with E-state index in [1.165, 1.54) is 12.5 Å². The van der Waals surface area contributed by atoms with Crippen molar-refractivity contribution in [2.75, 3.05) is 31.6 Å². The molecule has 35 heavy (non-hydrogen) atoms. The first kappa shape index (κ1) is 21.2. The molecule has 8 heteroatoms. The number of benzene rings is 3. The highest BCUT2D eigenvalue weighted by atomic mass is 19.1.